The lowest BCUT2D eigenvalue weighted by Gasteiger charge is -2.02. The van der Waals surface area contributed by atoms with Gasteiger partial charge in [-0.2, -0.15) is 15.3 Å². The van der Waals surface area contributed by atoms with Crippen LogP contribution < -0.4 is 0 Å². The molecule has 3 rings (SSSR count). The molecule has 16 heavy (non-hydrogen) atoms. The number of hydrogen-bond donors (Lipinski definition) is 0. The van der Waals surface area contributed by atoms with Crippen molar-refractivity contribution in [3.63, 3.8) is 0 Å². The second-order valence-corrected chi connectivity index (χ2v) is 3.41. The number of nitrogens with zero attached hydrogens (tertiary/aromatic N) is 4. The first kappa shape index (κ1) is 8.91. The number of fused-ring (bicyclic) bond motifs is 1. The van der Waals surface area contributed by atoms with Gasteiger partial charge in [-0.1, -0.05) is 24.3 Å². The molecule has 0 aliphatic rings. The predicted molar refractivity (Wildman–Crippen MR) is 60.6 cm³/mol. The summed E-state index contributed by atoms with van der Waals surface area (Å²) in [4.78, 5) is 0. The molecule has 2 heterocycles. The van der Waals surface area contributed by atoms with E-state index in [0.29, 0.717) is 0 Å². The van der Waals surface area contributed by atoms with E-state index >= 15 is 0 Å². The summed E-state index contributed by atoms with van der Waals surface area (Å²) in [6.45, 7) is 0. The molecular formula is C12H8N4. The zero-order chi connectivity index (χ0) is 10.8. The molecule has 0 unspecified atom stereocenters. The van der Waals surface area contributed by atoms with Crippen molar-refractivity contribution in [3.05, 3.63) is 48.9 Å². The molecule has 0 bridgehead atoms. The summed E-state index contributed by atoms with van der Waals surface area (Å²) in [5, 5.41) is 17.9. The van der Waals surface area contributed by atoms with Crippen LogP contribution in [0.3, 0.4) is 0 Å². The standard InChI is InChI=1S/C12H8N4/c1-2-4-11-9(3-1)7-15-16-12(11)10-5-6-13-14-8-10/h1-8H. The van der Waals surface area contributed by atoms with Crippen molar-refractivity contribution in [1.29, 1.82) is 0 Å². The van der Waals surface area contributed by atoms with Crippen molar-refractivity contribution in [2.75, 3.05) is 0 Å². The summed E-state index contributed by atoms with van der Waals surface area (Å²) in [5.74, 6) is 0. The van der Waals surface area contributed by atoms with Gasteiger partial charge in [-0.25, -0.2) is 0 Å². The zero-order valence-electron chi connectivity index (χ0n) is 8.41. The first-order valence-corrected chi connectivity index (χ1v) is 4.92. The van der Waals surface area contributed by atoms with Crippen molar-refractivity contribution in [2.24, 2.45) is 0 Å². The van der Waals surface area contributed by atoms with Crippen LogP contribution in [0, 0.1) is 0 Å². The van der Waals surface area contributed by atoms with Gasteiger partial charge in [0.05, 0.1) is 18.6 Å². The minimum Gasteiger partial charge on any atom is -0.159 e. The maximum Gasteiger partial charge on any atom is 0.102 e. The molecule has 0 saturated heterocycles. The molecule has 0 amide bonds. The Bertz CT molecular complexity index is 617. The Hall–Kier alpha value is -2.36. The molecule has 0 fully saturated rings. The quantitative estimate of drug-likeness (QED) is 0.614. The van der Waals surface area contributed by atoms with Crippen LogP contribution in [0.1, 0.15) is 0 Å². The predicted octanol–water partition coefficient (Wildman–Crippen LogP) is 2.09. The molecule has 76 valence electrons. The molecule has 0 saturated carbocycles. The highest BCUT2D eigenvalue weighted by Gasteiger charge is 2.05. The SMILES string of the molecule is c1ccc2c(-c3ccnnc3)nncc2c1. The van der Waals surface area contributed by atoms with Gasteiger partial charge < -0.3 is 0 Å². The molecule has 4 heteroatoms. The molecule has 0 N–H and O–H groups in total. The second kappa shape index (κ2) is 3.66. The lowest BCUT2D eigenvalue weighted by atomic mass is 10.1. The minimum absolute atomic E-state index is 0.841. The average Bonchev–Trinajstić information content (AvgIpc) is 2.39. The Morgan fingerprint density at radius 3 is 2.62 bits per heavy atom. The summed E-state index contributed by atoms with van der Waals surface area (Å²) in [7, 11) is 0. The van der Waals surface area contributed by atoms with E-state index in [4.69, 9.17) is 0 Å². The van der Waals surface area contributed by atoms with Gasteiger partial charge in [-0.15, -0.1) is 5.10 Å². The summed E-state index contributed by atoms with van der Waals surface area (Å²) < 4.78 is 0. The molecule has 0 aliphatic carbocycles. The highest BCUT2D eigenvalue weighted by Crippen LogP contribution is 2.23. The largest absolute Gasteiger partial charge is 0.159 e. The van der Waals surface area contributed by atoms with E-state index in [9.17, 15) is 0 Å². The van der Waals surface area contributed by atoms with Gasteiger partial charge in [0.25, 0.3) is 0 Å². The molecule has 0 spiro atoms. The summed E-state index contributed by atoms with van der Waals surface area (Å²) in [6.07, 6.45) is 5.10. The van der Waals surface area contributed by atoms with Gasteiger partial charge >= 0.3 is 0 Å². The van der Waals surface area contributed by atoms with Crippen molar-refractivity contribution in [2.45, 2.75) is 0 Å². The number of benzene rings is 1. The third kappa shape index (κ3) is 1.40. The Morgan fingerprint density at radius 2 is 1.75 bits per heavy atom. The number of hydrogen-bond acceptors (Lipinski definition) is 4. The number of rotatable bonds is 1. The third-order valence-corrected chi connectivity index (χ3v) is 2.43. The smallest absolute Gasteiger partial charge is 0.102 e. The lowest BCUT2D eigenvalue weighted by Crippen LogP contribution is -1.90. The lowest BCUT2D eigenvalue weighted by molar-refractivity contribution is 1.02. The van der Waals surface area contributed by atoms with E-state index < -0.39 is 0 Å². The van der Waals surface area contributed by atoms with E-state index in [1.165, 1.54) is 0 Å². The Kier molecular flexibility index (Phi) is 2.04. The highest BCUT2D eigenvalue weighted by molar-refractivity contribution is 5.93. The van der Waals surface area contributed by atoms with Crippen molar-refractivity contribution in [3.8, 4) is 11.3 Å². The first-order chi connectivity index (χ1) is 7.95. The molecule has 4 nitrogen and oxygen atoms in total. The van der Waals surface area contributed by atoms with Crippen LogP contribution in [0.5, 0.6) is 0 Å². The second-order valence-electron chi connectivity index (χ2n) is 3.41. The molecular weight excluding hydrogens is 200 g/mol. The van der Waals surface area contributed by atoms with Crippen molar-refractivity contribution < 1.29 is 0 Å². The van der Waals surface area contributed by atoms with E-state index in [1.807, 2.05) is 30.3 Å². The molecule has 2 aromatic heterocycles. The van der Waals surface area contributed by atoms with E-state index in [0.717, 1.165) is 22.0 Å². The van der Waals surface area contributed by atoms with Crippen LogP contribution in [0.15, 0.2) is 48.9 Å². The Balaban J connectivity index is 2.32. The minimum atomic E-state index is 0.841. The van der Waals surface area contributed by atoms with Crippen LogP contribution in [0.25, 0.3) is 22.0 Å². The van der Waals surface area contributed by atoms with Gasteiger partial charge in [-0.3, -0.25) is 0 Å². The van der Waals surface area contributed by atoms with Gasteiger partial charge in [0.1, 0.15) is 5.69 Å². The fourth-order valence-electron chi connectivity index (χ4n) is 1.67. The maximum absolute atomic E-state index is 4.16. The zero-order valence-corrected chi connectivity index (χ0v) is 8.41. The van der Waals surface area contributed by atoms with E-state index in [2.05, 4.69) is 20.4 Å². The Labute approximate surface area is 92.0 Å². The van der Waals surface area contributed by atoms with Crippen molar-refractivity contribution in [1.82, 2.24) is 20.4 Å². The summed E-state index contributed by atoms with van der Waals surface area (Å²) in [5.41, 5.74) is 1.77. The van der Waals surface area contributed by atoms with Crippen molar-refractivity contribution >= 4 is 10.8 Å². The molecule has 0 radical (unpaired) electrons. The van der Waals surface area contributed by atoms with Crippen LogP contribution in [0.2, 0.25) is 0 Å². The van der Waals surface area contributed by atoms with Crippen LogP contribution in [0.4, 0.5) is 0 Å². The fraction of sp³-hybridized carbons (Fsp3) is 0. The molecule has 3 aromatic rings. The highest BCUT2D eigenvalue weighted by atomic mass is 15.1. The topological polar surface area (TPSA) is 51.6 Å². The number of aromatic nitrogens is 4. The van der Waals surface area contributed by atoms with Gasteiger partial charge in [0, 0.05) is 16.3 Å². The van der Waals surface area contributed by atoms with Gasteiger partial charge in [0.2, 0.25) is 0 Å². The summed E-state index contributed by atoms with van der Waals surface area (Å²) in [6, 6.07) is 9.89. The average molecular weight is 208 g/mol. The third-order valence-electron chi connectivity index (χ3n) is 2.43. The normalized spacial score (nSPS) is 10.5. The monoisotopic (exact) mass is 208 g/mol. The fourth-order valence-corrected chi connectivity index (χ4v) is 1.67. The van der Waals surface area contributed by atoms with E-state index in [-0.39, 0.29) is 0 Å². The molecule has 0 atom stereocenters. The van der Waals surface area contributed by atoms with Crippen LogP contribution >= 0.6 is 0 Å². The molecule has 1 aromatic carbocycles. The maximum atomic E-state index is 4.16. The molecule has 0 aliphatic heterocycles. The van der Waals surface area contributed by atoms with E-state index in [1.54, 1.807) is 18.6 Å². The summed E-state index contributed by atoms with van der Waals surface area (Å²) >= 11 is 0. The Morgan fingerprint density at radius 1 is 0.812 bits per heavy atom. The first-order valence-electron chi connectivity index (χ1n) is 4.92. The van der Waals surface area contributed by atoms with Gasteiger partial charge in [0.15, 0.2) is 0 Å². The van der Waals surface area contributed by atoms with Crippen LogP contribution in [-0.4, -0.2) is 20.4 Å². The van der Waals surface area contributed by atoms with Gasteiger partial charge in [-0.05, 0) is 6.07 Å². The van der Waals surface area contributed by atoms with Crippen LogP contribution in [-0.2, 0) is 0 Å².